The maximum absolute atomic E-state index is 11.9. The summed E-state index contributed by atoms with van der Waals surface area (Å²) in [7, 11) is 0. The van der Waals surface area contributed by atoms with Crippen LogP contribution in [0, 0.1) is 0 Å². The van der Waals surface area contributed by atoms with E-state index in [1.807, 2.05) is 0 Å². The number of carbonyl (C=O) groups is 4. The van der Waals surface area contributed by atoms with Crippen molar-refractivity contribution in [1.29, 1.82) is 0 Å². The van der Waals surface area contributed by atoms with Crippen molar-refractivity contribution in [1.82, 2.24) is 0 Å². The Bertz CT molecular complexity index is 633. The van der Waals surface area contributed by atoms with Crippen LogP contribution in [0.15, 0.2) is 48.6 Å². The highest BCUT2D eigenvalue weighted by Crippen LogP contribution is 2.27. The van der Waals surface area contributed by atoms with Gasteiger partial charge in [0.15, 0.2) is 0 Å². The molecule has 0 aliphatic carbocycles. The van der Waals surface area contributed by atoms with E-state index in [0.29, 0.717) is 0 Å². The van der Waals surface area contributed by atoms with Crippen molar-refractivity contribution >= 4 is 23.9 Å². The molecule has 0 heterocycles. The molecule has 0 aliphatic rings. The molecule has 0 unspecified atom stereocenters. The molecule has 0 bridgehead atoms. The van der Waals surface area contributed by atoms with Crippen LogP contribution in [0.25, 0.3) is 0 Å². The number of esters is 4. The van der Waals surface area contributed by atoms with Gasteiger partial charge in [-0.3, -0.25) is 0 Å². The van der Waals surface area contributed by atoms with Crippen molar-refractivity contribution in [3.8, 4) is 0 Å². The van der Waals surface area contributed by atoms with Crippen molar-refractivity contribution in [2.75, 3.05) is 13.2 Å². The number of hydrogen-bond acceptors (Lipinski definition) is 11. The molecule has 11 nitrogen and oxygen atoms in total. The Labute approximate surface area is 192 Å². The van der Waals surface area contributed by atoms with Gasteiger partial charge in [-0.1, -0.05) is 24.3 Å². The van der Waals surface area contributed by atoms with E-state index in [-0.39, 0.29) is 13.2 Å². The first kappa shape index (κ1) is 31.9. The lowest BCUT2D eigenvalue weighted by Crippen LogP contribution is -2.50. The number of hydrogen-bond donors (Lipinski definition) is 2. The molecule has 0 aromatic carbocycles. The minimum atomic E-state index is -2.41. The predicted molar refractivity (Wildman–Crippen MR) is 116 cm³/mol. The first-order valence-corrected chi connectivity index (χ1v) is 9.79. The zero-order valence-electron chi connectivity index (χ0n) is 19.6. The molecule has 0 radical (unpaired) electrons. The average Bonchev–Trinajstić information content (AvgIpc) is 2.67. The Balaban J connectivity index is 0. The SMILES string of the molecule is C/C=C/C(=O)OC(C)(OC(=O)/C=C/C)OC(C)(OC(=O)/C=C/C)OC(=O)/C=C/C.OCCO. The Hall–Kier alpha value is -3.28. The minimum Gasteiger partial charge on any atom is -0.395 e. The molecule has 0 saturated heterocycles. The fourth-order valence-corrected chi connectivity index (χ4v) is 1.87. The summed E-state index contributed by atoms with van der Waals surface area (Å²) >= 11 is 0. The lowest BCUT2D eigenvalue weighted by Gasteiger charge is -2.35. The highest BCUT2D eigenvalue weighted by atomic mass is 17.0. The molecular weight excluding hydrogens is 440 g/mol. The molecule has 186 valence electrons. The van der Waals surface area contributed by atoms with Gasteiger partial charge in [0.2, 0.25) is 0 Å². The van der Waals surface area contributed by atoms with Crippen LogP contribution in [0.4, 0.5) is 0 Å². The van der Waals surface area contributed by atoms with Crippen LogP contribution in [0.5, 0.6) is 0 Å². The van der Waals surface area contributed by atoms with E-state index >= 15 is 0 Å². The van der Waals surface area contributed by atoms with Gasteiger partial charge in [-0.25, -0.2) is 23.9 Å². The number of rotatable bonds is 11. The van der Waals surface area contributed by atoms with Gasteiger partial charge in [0.05, 0.1) is 13.2 Å². The van der Waals surface area contributed by atoms with Crippen LogP contribution in [0.3, 0.4) is 0 Å². The van der Waals surface area contributed by atoms with E-state index in [0.717, 1.165) is 38.2 Å². The minimum absolute atomic E-state index is 0.125. The zero-order chi connectivity index (χ0) is 25.9. The van der Waals surface area contributed by atoms with E-state index in [4.69, 9.17) is 33.9 Å². The molecule has 0 aliphatic heterocycles. The van der Waals surface area contributed by atoms with Gasteiger partial charge in [0.1, 0.15) is 0 Å². The molecule has 2 N–H and O–H groups in total. The molecule has 0 rings (SSSR count). The summed E-state index contributed by atoms with van der Waals surface area (Å²) in [6.07, 6.45) is 9.70. The van der Waals surface area contributed by atoms with Crippen LogP contribution >= 0.6 is 0 Å². The maximum atomic E-state index is 11.9. The summed E-state index contributed by atoms with van der Waals surface area (Å²) in [5.41, 5.74) is 0. The lowest BCUT2D eigenvalue weighted by molar-refractivity contribution is -0.450. The van der Waals surface area contributed by atoms with E-state index in [1.165, 1.54) is 24.3 Å². The molecular formula is C22H32O11. The van der Waals surface area contributed by atoms with E-state index < -0.39 is 35.8 Å². The fraction of sp³-hybridized carbons (Fsp3) is 0.455. The normalized spacial score (nSPS) is 12.0. The molecule has 0 atom stereocenters. The Kier molecular flexibility index (Phi) is 16.7. The van der Waals surface area contributed by atoms with Gasteiger partial charge >= 0.3 is 35.8 Å². The smallest absolute Gasteiger partial charge is 0.379 e. The Morgan fingerprint density at radius 1 is 0.576 bits per heavy atom. The Morgan fingerprint density at radius 3 is 0.939 bits per heavy atom. The van der Waals surface area contributed by atoms with Crippen LogP contribution in [0.2, 0.25) is 0 Å². The predicted octanol–water partition coefficient (Wildman–Crippen LogP) is 1.80. The summed E-state index contributed by atoms with van der Waals surface area (Å²) in [6.45, 7) is 8.14. The topological polar surface area (TPSA) is 155 Å². The van der Waals surface area contributed by atoms with Crippen molar-refractivity contribution in [2.45, 2.75) is 53.5 Å². The van der Waals surface area contributed by atoms with Crippen molar-refractivity contribution in [3.05, 3.63) is 48.6 Å². The van der Waals surface area contributed by atoms with Crippen molar-refractivity contribution in [2.24, 2.45) is 0 Å². The number of aliphatic hydroxyl groups is 2. The van der Waals surface area contributed by atoms with Gasteiger partial charge in [-0.05, 0) is 27.7 Å². The second kappa shape index (κ2) is 17.3. The monoisotopic (exact) mass is 472 g/mol. The number of allylic oxidation sites excluding steroid dienone is 4. The summed E-state index contributed by atoms with van der Waals surface area (Å²) < 4.78 is 25.5. The maximum Gasteiger partial charge on any atom is 0.379 e. The number of ether oxygens (including phenoxy) is 5. The summed E-state index contributed by atoms with van der Waals surface area (Å²) in [5, 5.41) is 15.2. The molecule has 0 aromatic rings. The van der Waals surface area contributed by atoms with Gasteiger partial charge in [0, 0.05) is 38.2 Å². The molecule has 0 amide bonds. The van der Waals surface area contributed by atoms with Gasteiger partial charge < -0.3 is 29.2 Å². The summed E-state index contributed by atoms with van der Waals surface area (Å²) in [5.74, 6) is -8.52. The van der Waals surface area contributed by atoms with Crippen LogP contribution < -0.4 is 0 Å². The number of aliphatic hydroxyl groups excluding tert-OH is 2. The van der Waals surface area contributed by atoms with E-state index in [9.17, 15) is 19.2 Å². The quantitative estimate of drug-likeness (QED) is 0.257. The third kappa shape index (κ3) is 16.1. The molecule has 0 spiro atoms. The Morgan fingerprint density at radius 2 is 0.788 bits per heavy atom. The van der Waals surface area contributed by atoms with Crippen molar-refractivity contribution in [3.63, 3.8) is 0 Å². The van der Waals surface area contributed by atoms with Crippen LogP contribution in [0.1, 0.15) is 41.5 Å². The second-order valence-electron chi connectivity index (χ2n) is 5.96. The molecule has 33 heavy (non-hydrogen) atoms. The standard InChI is InChI=1S/C20H26O9.C2H6O2/c1-7-11-15(21)25-19(5,26-16(22)12-8-2)29-20(6,27-17(23)13-9-3)28-18(24)14-10-4;3-1-2-4/h7-14H,1-6H3;3-4H,1-2H2/b11-7+,12-8+,13-9+,14-10+;. The largest absolute Gasteiger partial charge is 0.395 e. The number of carbonyl (C=O) groups excluding carboxylic acids is 4. The highest BCUT2D eigenvalue weighted by molar-refractivity contribution is 5.84. The van der Waals surface area contributed by atoms with Gasteiger partial charge in [-0.15, -0.1) is 0 Å². The van der Waals surface area contributed by atoms with Crippen molar-refractivity contribution < 1.29 is 53.1 Å². The second-order valence-corrected chi connectivity index (χ2v) is 5.96. The molecule has 0 fully saturated rings. The fourth-order valence-electron chi connectivity index (χ4n) is 1.87. The lowest BCUT2D eigenvalue weighted by atomic mass is 10.4. The third-order valence-electron chi connectivity index (χ3n) is 2.83. The van der Waals surface area contributed by atoms with Gasteiger partial charge in [-0.2, -0.15) is 0 Å². The third-order valence-corrected chi connectivity index (χ3v) is 2.83. The molecule has 0 saturated carbocycles. The molecule has 11 heteroatoms. The zero-order valence-corrected chi connectivity index (χ0v) is 19.6. The average molecular weight is 472 g/mol. The van der Waals surface area contributed by atoms with E-state index in [2.05, 4.69) is 0 Å². The first-order chi connectivity index (χ1) is 15.4. The van der Waals surface area contributed by atoms with Crippen LogP contribution in [-0.2, 0) is 42.9 Å². The molecule has 0 aromatic heterocycles. The van der Waals surface area contributed by atoms with E-state index in [1.54, 1.807) is 27.7 Å². The summed E-state index contributed by atoms with van der Waals surface area (Å²) in [4.78, 5) is 47.6. The first-order valence-electron chi connectivity index (χ1n) is 9.79. The van der Waals surface area contributed by atoms with Gasteiger partial charge in [0.25, 0.3) is 0 Å². The van der Waals surface area contributed by atoms with Crippen LogP contribution in [-0.4, -0.2) is 59.3 Å². The summed E-state index contributed by atoms with van der Waals surface area (Å²) in [6, 6.07) is 0. The highest BCUT2D eigenvalue weighted by Gasteiger charge is 2.47.